The second-order valence-electron chi connectivity index (χ2n) is 6.65. The Labute approximate surface area is 137 Å². The van der Waals surface area contributed by atoms with Crippen molar-refractivity contribution >= 4 is 17.0 Å². The highest BCUT2D eigenvalue weighted by Gasteiger charge is 2.44. The van der Waals surface area contributed by atoms with Crippen LogP contribution in [0.4, 0.5) is 0 Å². The van der Waals surface area contributed by atoms with Crippen LogP contribution in [0.1, 0.15) is 40.4 Å². The molecule has 2 heterocycles. The summed E-state index contributed by atoms with van der Waals surface area (Å²) < 4.78 is 5.13. The highest BCUT2D eigenvalue weighted by atomic mass is 16.4. The van der Waals surface area contributed by atoms with E-state index < -0.39 is 5.76 Å². The largest absolute Gasteiger partial charge is 0.417 e. The average Bonchev–Trinajstić information content (AvgIpc) is 3.29. The maximum atomic E-state index is 12.9. The molecule has 120 valence electrons. The molecular weight excluding hydrogens is 304 g/mol. The minimum atomic E-state index is -0.456. The highest BCUT2D eigenvalue weighted by molar-refractivity contribution is 5.99. The maximum Gasteiger partial charge on any atom is 0.417 e. The van der Waals surface area contributed by atoms with E-state index >= 15 is 0 Å². The van der Waals surface area contributed by atoms with Crippen molar-refractivity contribution in [2.75, 3.05) is 0 Å². The highest BCUT2D eigenvalue weighted by Crippen LogP contribution is 2.49. The lowest BCUT2D eigenvalue weighted by Crippen LogP contribution is -2.28. The molecule has 5 nitrogen and oxygen atoms in total. The Morgan fingerprint density at radius 1 is 1.12 bits per heavy atom. The number of nitrogens with one attached hydrogen (secondary N) is 1. The molecular formula is C19H16N2O3. The van der Waals surface area contributed by atoms with E-state index in [0.29, 0.717) is 23.6 Å². The number of benzene rings is 2. The van der Waals surface area contributed by atoms with Gasteiger partial charge in [0.15, 0.2) is 5.58 Å². The molecule has 5 rings (SSSR count). The summed E-state index contributed by atoms with van der Waals surface area (Å²) in [6, 6.07) is 13.7. The molecule has 1 N–H and O–H groups in total. The first kappa shape index (κ1) is 13.6. The smallest absolute Gasteiger partial charge is 0.408 e. The quantitative estimate of drug-likeness (QED) is 0.805. The summed E-state index contributed by atoms with van der Waals surface area (Å²) in [6.45, 7) is 0.527. The lowest BCUT2D eigenvalue weighted by molar-refractivity contribution is 0.0690. The first-order valence-electron chi connectivity index (χ1n) is 8.22. The zero-order valence-electron chi connectivity index (χ0n) is 13.0. The van der Waals surface area contributed by atoms with Gasteiger partial charge in [0, 0.05) is 12.1 Å². The third kappa shape index (κ3) is 2.01. The number of fused-ring (bicyclic) bond motifs is 2. The summed E-state index contributed by atoms with van der Waals surface area (Å²) in [5.74, 6) is 0.201. The minimum absolute atomic E-state index is 0.0955. The topological polar surface area (TPSA) is 66.3 Å². The number of hydrogen-bond donors (Lipinski definition) is 1. The Morgan fingerprint density at radius 3 is 2.79 bits per heavy atom. The predicted molar refractivity (Wildman–Crippen MR) is 88.6 cm³/mol. The number of nitrogens with zero attached hydrogens (tertiary/aromatic N) is 1. The zero-order chi connectivity index (χ0) is 16.3. The van der Waals surface area contributed by atoms with Crippen LogP contribution in [0.5, 0.6) is 0 Å². The van der Waals surface area contributed by atoms with E-state index in [0.717, 1.165) is 16.7 Å². The van der Waals surface area contributed by atoms with E-state index in [1.807, 2.05) is 41.3 Å². The van der Waals surface area contributed by atoms with Gasteiger partial charge in [-0.1, -0.05) is 24.3 Å². The van der Waals surface area contributed by atoms with Crippen LogP contribution in [0.3, 0.4) is 0 Å². The van der Waals surface area contributed by atoms with Crippen molar-refractivity contribution in [1.29, 1.82) is 0 Å². The molecule has 1 saturated carbocycles. The van der Waals surface area contributed by atoms with Crippen molar-refractivity contribution in [3.63, 3.8) is 0 Å². The molecule has 5 heteroatoms. The van der Waals surface area contributed by atoms with Gasteiger partial charge in [-0.2, -0.15) is 0 Å². The van der Waals surface area contributed by atoms with Gasteiger partial charge in [-0.05, 0) is 48.1 Å². The number of H-pyrrole nitrogens is 1. The maximum absolute atomic E-state index is 12.9. The molecule has 0 spiro atoms. The summed E-state index contributed by atoms with van der Waals surface area (Å²) >= 11 is 0. The van der Waals surface area contributed by atoms with Crippen LogP contribution in [-0.4, -0.2) is 15.8 Å². The van der Waals surface area contributed by atoms with E-state index in [-0.39, 0.29) is 11.9 Å². The second kappa shape index (κ2) is 4.84. The van der Waals surface area contributed by atoms with E-state index in [1.165, 1.54) is 12.8 Å². The van der Waals surface area contributed by atoms with Crippen molar-refractivity contribution < 1.29 is 9.21 Å². The normalized spacial score (nSPS) is 19.9. The number of amides is 1. The first-order valence-corrected chi connectivity index (χ1v) is 8.22. The van der Waals surface area contributed by atoms with Gasteiger partial charge >= 0.3 is 5.76 Å². The number of aromatic amines is 1. The van der Waals surface area contributed by atoms with Crippen molar-refractivity contribution in [2.24, 2.45) is 5.92 Å². The van der Waals surface area contributed by atoms with Gasteiger partial charge in [-0.15, -0.1) is 0 Å². The number of oxazole rings is 1. The number of carbonyl (C=O) groups is 1. The van der Waals surface area contributed by atoms with E-state index in [4.69, 9.17) is 4.42 Å². The lowest BCUT2D eigenvalue weighted by atomic mass is 10.0. The molecule has 1 unspecified atom stereocenters. The van der Waals surface area contributed by atoms with Crippen molar-refractivity contribution in [3.05, 3.63) is 69.7 Å². The number of hydrogen-bond acceptors (Lipinski definition) is 3. The summed E-state index contributed by atoms with van der Waals surface area (Å²) in [4.78, 5) is 28.8. The summed E-state index contributed by atoms with van der Waals surface area (Å²) in [5.41, 5.74) is 4.16. The molecule has 0 bridgehead atoms. The molecule has 1 amide bonds. The van der Waals surface area contributed by atoms with Gasteiger partial charge in [-0.3, -0.25) is 9.78 Å². The van der Waals surface area contributed by atoms with Gasteiger partial charge in [0.05, 0.1) is 11.6 Å². The summed E-state index contributed by atoms with van der Waals surface area (Å²) in [6.07, 6.45) is 2.35. The van der Waals surface area contributed by atoms with Gasteiger partial charge in [0.25, 0.3) is 5.91 Å². The Balaban J connectivity index is 1.53. The predicted octanol–water partition coefficient (Wildman–Crippen LogP) is 3.23. The van der Waals surface area contributed by atoms with Crippen LogP contribution in [0.15, 0.2) is 51.7 Å². The fraction of sp³-hybridized carbons (Fsp3) is 0.263. The standard InChI is InChI=1S/C19H16N2O3/c22-18-14-4-2-1-3-13(14)17(12-6-7-12)21(18)10-11-5-8-15-16(9-11)24-19(23)20-15/h1-5,8-9,12,17H,6-7,10H2,(H,20,23). The van der Waals surface area contributed by atoms with Crippen LogP contribution in [0.2, 0.25) is 0 Å². The zero-order valence-corrected chi connectivity index (χ0v) is 13.0. The molecule has 1 aliphatic carbocycles. The molecule has 1 aliphatic heterocycles. The average molecular weight is 320 g/mol. The van der Waals surface area contributed by atoms with Crippen LogP contribution in [0.25, 0.3) is 11.1 Å². The number of rotatable bonds is 3. The Kier molecular flexibility index (Phi) is 2.74. The molecule has 1 atom stereocenters. The Morgan fingerprint density at radius 2 is 1.96 bits per heavy atom. The number of carbonyl (C=O) groups excluding carboxylic acids is 1. The van der Waals surface area contributed by atoms with Gasteiger partial charge in [0.2, 0.25) is 0 Å². The van der Waals surface area contributed by atoms with Gasteiger partial charge < -0.3 is 9.32 Å². The molecule has 24 heavy (non-hydrogen) atoms. The van der Waals surface area contributed by atoms with Crippen molar-refractivity contribution in [1.82, 2.24) is 9.88 Å². The summed E-state index contributed by atoms with van der Waals surface area (Å²) in [7, 11) is 0. The third-order valence-electron chi connectivity index (χ3n) is 5.01. The monoisotopic (exact) mass is 320 g/mol. The van der Waals surface area contributed by atoms with E-state index in [1.54, 1.807) is 0 Å². The second-order valence-corrected chi connectivity index (χ2v) is 6.65. The number of aromatic nitrogens is 1. The minimum Gasteiger partial charge on any atom is -0.408 e. The van der Waals surface area contributed by atoms with Crippen LogP contribution < -0.4 is 5.76 Å². The fourth-order valence-electron chi connectivity index (χ4n) is 3.77. The van der Waals surface area contributed by atoms with Crippen LogP contribution in [0, 0.1) is 5.92 Å². The Hall–Kier alpha value is -2.82. The first-order chi connectivity index (χ1) is 11.7. The van der Waals surface area contributed by atoms with Crippen molar-refractivity contribution in [3.8, 4) is 0 Å². The Bertz CT molecular complexity index is 1010. The van der Waals surface area contributed by atoms with Crippen LogP contribution >= 0.6 is 0 Å². The molecule has 3 aromatic rings. The van der Waals surface area contributed by atoms with Crippen molar-refractivity contribution in [2.45, 2.75) is 25.4 Å². The molecule has 1 aromatic heterocycles. The van der Waals surface area contributed by atoms with E-state index in [9.17, 15) is 9.59 Å². The molecule has 2 aliphatic rings. The molecule has 0 saturated heterocycles. The molecule has 0 radical (unpaired) electrons. The SMILES string of the molecule is O=C1c2ccccc2C(C2CC2)N1Cc1ccc2[nH]c(=O)oc2c1. The van der Waals surface area contributed by atoms with Gasteiger partial charge in [0.1, 0.15) is 0 Å². The lowest BCUT2D eigenvalue weighted by Gasteiger charge is -2.25. The van der Waals surface area contributed by atoms with Gasteiger partial charge in [-0.25, -0.2) is 4.79 Å². The fourth-order valence-corrected chi connectivity index (χ4v) is 3.77. The molecule has 2 aromatic carbocycles. The van der Waals surface area contributed by atoms with E-state index in [2.05, 4.69) is 11.1 Å². The summed E-state index contributed by atoms with van der Waals surface area (Å²) in [5, 5.41) is 0. The third-order valence-corrected chi connectivity index (χ3v) is 5.01. The molecule has 1 fully saturated rings. The van der Waals surface area contributed by atoms with Crippen LogP contribution in [-0.2, 0) is 6.54 Å².